The van der Waals surface area contributed by atoms with E-state index in [1.54, 1.807) is 26.1 Å². The van der Waals surface area contributed by atoms with E-state index in [2.05, 4.69) is 9.97 Å². The minimum atomic E-state index is -0.999. The van der Waals surface area contributed by atoms with Crippen LogP contribution in [0.25, 0.3) is 0 Å². The van der Waals surface area contributed by atoms with Crippen molar-refractivity contribution in [1.29, 1.82) is 0 Å². The maximum absolute atomic E-state index is 11.0. The molecule has 0 aliphatic carbocycles. The molecule has 0 radical (unpaired) electrons. The van der Waals surface area contributed by atoms with Gasteiger partial charge in [0.05, 0.1) is 5.69 Å². The van der Waals surface area contributed by atoms with E-state index in [1.807, 2.05) is 0 Å². The second-order valence-corrected chi connectivity index (χ2v) is 3.77. The van der Waals surface area contributed by atoms with Crippen molar-refractivity contribution >= 4 is 5.97 Å². The van der Waals surface area contributed by atoms with Crippen LogP contribution in [0.3, 0.4) is 0 Å². The monoisotopic (exact) mass is 210 g/mol. The van der Waals surface area contributed by atoms with Crippen molar-refractivity contribution in [3.05, 3.63) is 24.3 Å². The van der Waals surface area contributed by atoms with Gasteiger partial charge in [0.2, 0.25) is 0 Å². The fraction of sp³-hybridized carbons (Fsp3) is 0.500. The van der Waals surface area contributed by atoms with Crippen molar-refractivity contribution in [2.75, 3.05) is 7.11 Å². The second kappa shape index (κ2) is 4.35. The SMILES string of the molecule is COC(C(=O)O)C(C)(C)c1ccncn1. The number of ether oxygens (including phenoxy) is 1. The molecule has 0 aromatic carbocycles. The third kappa shape index (κ3) is 2.30. The van der Waals surface area contributed by atoms with E-state index in [0.29, 0.717) is 5.69 Å². The van der Waals surface area contributed by atoms with Crippen molar-refractivity contribution in [1.82, 2.24) is 9.97 Å². The number of rotatable bonds is 4. The van der Waals surface area contributed by atoms with Crippen LogP contribution >= 0.6 is 0 Å². The minimum absolute atomic E-state index is 0.645. The number of carbonyl (C=O) groups is 1. The van der Waals surface area contributed by atoms with Gasteiger partial charge in [-0.15, -0.1) is 0 Å². The first-order valence-electron chi connectivity index (χ1n) is 4.52. The number of aromatic nitrogens is 2. The van der Waals surface area contributed by atoms with Gasteiger partial charge >= 0.3 is 5.97 Å². The Kier molecular flexibility index (Phi) is 3.36. The first-order valence-corrected chi connectivity index (χ1v) is 4.52. The zero-order chi connectivity index (χ0) is 11.5. The molecule has 0 aliphatic rings. The van der Waals surface area contributed by atoms with E-state index in [1.165, 1.54) is 13.4 Å². The van der Waals surface area contributed by atoms with Crippen molar-refractivity contribution in [2.24, 2.45) is 0 Å². The molecule has 1 unspecified atom stereocenters. The summed E-state index contributed by atoms with van der Waals surface area (Å²) in [6.45, 7) is 3.55. The molecule has 0 saturated carbocycles. The first kappa shape index (κ1) is 11.6. The predicted molar refractivity (Wildman–Crippen MR) is 53.5 cm³/mol. The summed E-state index contributed by atoms with van der Waals surface area (Å²) in [7, 11) is 1.38. The van der Waals surface area contributed by atoms with Gasteiger partial charge in [0.1, 0.15) is 6.33 Å². The lowest BCUT2D eigenvalue weighted by atomic mass is 9.82. The summed E-state index contributed by atoms with van der Waals surface area (Å²) in [6.07, 6.45) is 2.05. The van der Waals surface area contributed by atoms with Gasteiger partial charge in [-0.1, -0.05) is 13.8 Å². The standard InChI is InChI=1S/C10H14N2O3/c1-10(2,8(15-3)9(13)14)7-4-5-11-6-12-7/h4-6,8H,1-3H3,(H,13,14). The summed E-state index contributed by atoms with van der Waals surface area (Å²) in [6, 6.07) is 1.69. The molecular formula is C10H14N2O3. The molecule has 1 atom stereocenters. The molecule has 1 N–H and O–H groups in total. The summed E-state index contributed by atoms with van der Waals surface area (Å²) in [5.41, 5.74) is -0.0458. The molecule has 5 heteroatoms. The zero-order valence-corrected chi connectivity index (χ0v) is 8.97. The Bertz CT molecular complexity index is 338. The minimum Gasteiger partial charge on any atom is -0.479 e. The molecule has 0 saturated heterocycles. The number of hydrogen-bond acceptors (Lipinski definition) is 4. The Morgan fingerprint density at radius 1 is 1.60 bits per heavy atom. The molecular weight excluding hydrogens is 196 g/mol. The highest BCUT2D eigenvalue weighted by Crippen LogP contribution is 2.26. The van der Waals surface area contributed by atoms with Crippen LogP contribution in [-0.4, -0.2) is 34.3 Å². The van der Waals surface area contributed by atoms with E-state index in [-0.39, 0.29) is 0 Å². The lowest BCUT2D eigenvalue weighted by Crippen LogP contribution is -2.42. The van der Waals surface area contributed by atoms with E-state index in [9.17, 15) is 4.79 Å². The number of methoxy groups -OCH3 is 1. The Hall–Kier alpha value is -1.49. The highest BCUT2D eigenvalue weighted by atomic mass is 16.5. The molecule has 0 aliphatic heterocycles. The summed E-state index contributed by atoms with van der Waals surface area (Å²) in [4.78, 5) is 18.8. The Morgan fingerprint density at radius 2 is 2.27 bits per heavy atom. The molecule has 0 spiro atoms. The quantitative estimate of drug-likeness (QED) is 0.797. The average molecular weight is 210 g/mol. The fourth-order valence-electron chi connectivity index (χ4n) is 1.51. The van der Waals surface area contributed by atoms with Crippen LogP contribution in [0.15, 0.2) is 18.6 Å². The van der Waals surface area contributed by atoms with Gasteiger partial charge in [-0.2, -0.15) is 0 Å². The van der Waals surface area contributed by atoms with E-state index in [4.69, 9.17) is 9.84 Å². The number of nitrogens with zero attached hydrogens (tertiary/aromatic N) is 2. The van der Waals surface area contributed by atoms with Crippen molar-refractivity contribution in [3.63, 3.8) is 0 Å². The van der Waals surface area contributed by atoms with Gasteiger partial charge in [-0.05, 0) is 6.07 Å². The van der Waals surface area contributed by atoms with Crippen LogP contribution < -0.4 is 0 Å². The van der Waals surface area contributed by atoms with Crippen LogP contribution in [0.1, 0.15) is 19.5 Å². The number of aliphatic carboxylic acids is 1. The van der Waals surface area contributed by atoms with Crippen LogP contribution in [-0.2, 0) is 14.9 Å². The van der Waals surface area contributed by atoms with E-state index >= 15 is 0 Å². The van der Waals surface area contributed by atoms with Gasteiger partial charge in [0, 0.05) is 18.7 Å². The maximum atomic E-state index is 11.0. The summed E-state index contributed by atoms with van der Waals surface area (Å²) >= 11 is 0. The maximum Gasteiger partial charge on any atom is 0.333 e. The first-order chi connectivity index (χ1) is 7.00. The molecule has 1 heterocycles. The predicted octanol–water partition coefficient (Wildman–Crippen LogP) is 0.854. The smallest absolute Gasteiger partial charge is 0.333 e. The second-order valence-electron chi connectivity index (χ2n) is 3.77. The molecule has 1 aromatic rings. The van der Waals surface area contributed by atoms with Gasteiger partial charge in [-0.25, -0.2) is 14.8 Å². The normalized spacial score (nSPS) is 13.5. The summed E-state index contributed by atoms with van der Waals surface area (Å²) in [5, 5.41) is 9.00. The topological polar surface area (TPSA) is 72.3 Å². The molecule has 1 rings (SSSR count). The van der Waals surface area contributed by atoms with Crippen molar-refractivity contribution in [3.8, 4) is 0 Å². The van der Waals surface area contributed by atoms with Crippen LogP contribution in [0.2, 0.25) is 0 Å². The third-order valence-electron chi connectivity index (χ3n) is 2.36. The van der Waals surface area contributed by atoms with E-state index in [0.717, 1.165) is 0 Å². The van der Waals surface area contributed by atoms with Crippen LogP contribution in [0.5, 0.6) is 0 Å². The van der Waals surface area contributed by atoms with Crippen molar-refractivity contribution in [2.45, 2.75) is 25.4 Å². The van der Waals surface area contributed by atoms with Crippen molar-refractivity contribution < 1.29 is 14.6 Å². The molecule has 15 heavy (non-hydrogen) atoms. The molecule has 0 fully saturated rings. The number of hydrogen-bond donors (Lipinski definition) is 1. The van der Waals surface area contributed by atoms with Gasteiger partial charge in [0.15, 0.2) is 6.10 Å². The summed E-state index contributed by atoms with van der Waals surface area (Å²) in [5.74, 6) is -0.999. The zero-order valence-electron chi connectivity index (χ0n) is 8.97. The lowest BCUT2D eigenvalue weighted by molar-refractivity contribution is -0.152. The number of carboxylic acids is 1. The van der Waals surface area contributed by atoms with E-state index < -0.39 is 17.5 Å². The molecule has 82 valence electrons. The summed E-state index contributed by atoms with van der Waals surface area (Å²) < 4.78 is 4.97. The number of carboxylic acid groups (broad SMARTS) is 1. The van der Waals surface area contributed by atoms with Gasteiger partial charge < -0.3 is 9.84 Å². The Labute approximate surface area is 88.1 Å². The van der Waals surface area contributed by atoms with Gasteiger partial charge in [-0.3, -0.25) is 0 Å². The van der Waals surface area contributed by atoms with Gasteiger partial charge in [0.25, 0.3) is 0 Å². The molecule has 1 aromatic heterocycles. The Morgan fingerprint density at radius 3 is 2.67 bits per heavy atom. The highest BCUT2D eigenvalue weighted by Gasteiger charge is 2.38. The molecule has 0 bridgehead atoms. The highest BCUT2D eigenvalue weighted by molar-refractivity contribution is 5.74. The Balaban J connectivity index is 3.05. The average Bonchev–Trinajstić information content (AvgIpc) is 2.19. The largest absolute Gasteiger partial charge is 0.479 e. The van der Waals surface area contributed by atoms with Crippen LogP contribution in [0.4, 0.5) is 0 Å². The lowest BCUT2D eigenvalue weighted by Gasteiger charge is -2.29. The fourth-order valence-corrected chi connectivity index (χ4v) is 1.51. The molecule has 0 amide bonds. The third-order valence-corrected chi connectivity index (χ3v) is 2.36. The van der Waals surface area contributed by atoms with Crippen LogP contribution in [0, 0.1) is 0 Å². The molecule has 5 nitrogen and oxygen atoms in total.